The topological polar surface area (TPSA) is 155 Å². The van der Waals surface area contributed by atoms with Crippen LogP contribution < -0.4 is 0 Å². The molecule has 0 amide bonds. The van der Waals surface area contributed by atoms with Gasteiger partial charge in [-0.2, -0.15) is 8.42 Å². The van der Waals surface area contributed by atoms with Gasteiger partial charge in [0.25, 0.3) is 10.1 Å². The van der Waals surface area contributed by atoms with Crippen LogP contribution >= 0.6 is 0 Å². The van der Waals surface area contributed by atoms with Crippen LogP contribution in [0.4, 0.5) is 4.39 Å². The summed E-state index contributed by atoms with van der Waals surface area (Å²) in [7, 11) is -4.57. The number of hydrogen-bond acceptors (Lipinski definition) is 8. The van der Waals surface area contributed by atoms with Crippen molar-refractivity contribution in [1.82, 2.24) is 0 Å². The standard InChI is InChI=1S/C29H33FO9S/c1-16-11-22-21-8-7-18-13-19(31)9-10-26(18,2)28(21,30)23(32)14-27(22,3)29(16,35)24(33)15-39-25(34)17-5-4-6-20(12-17)40(36,37)38/h4-6,9-10,12-13,16,21-23,32,35H,7-8,11,14-15H2,1-3H3,(H,36,37,38)/t16-,21-,22-,23-,26-,27-,28-,29+/m0/s1. The van der Waals surface area contributed by atoms with Gasteiger partial charge >= 0.3 is 5.97 Å². The van der Waals surface area contributed by atoms with E-state index >= 15 is 4.39 Å². The Bertz CT molecular complexity index is 1470. The number of benzene rings is 1. The summed E-state index contributed by atoms with van der Waals surface area (Å²) >= 11 is 0. The number of aliphatic hydroxyl groups is 2. The average molecular weight is 577 g/mol. The van der Waals surface area contributed by atoms with Gasteiger partial charge in [-0.3, -0.25) is 14.1 Å². The van der Waals surface area contributed by atoms with E-state index in [0.717, 1.165) is 12.1 Å². The van der Waals surface area contributed by atoms with Crippen molar-refractivity contribution in [2.75, 3.05) is 6.61 Å². The Morgan fingerprint density at radius 1 is 1.20 bits per heavy atom. The van der Waals surface area contributed by atoms with Crippen LogP contribution in [-0.4, -0.2) is 64.7 Å². The Balaban J connectivity index is 1.41. The molecule has 3 N–H and O–H groups in total. The minimum atomic E-state index is -4.57. The maximum absolute atomic E-state index is 17.3. The number of ether oxygens (including phenoxy) is 1. The minimum absolute atomic E-state index is 0.216. The molecule has 11 heteroatoms. The van der Waals surface area contributed by atoms with Gasteiger partial charge in [0.1, 0.15) is 5.60 Å². The van der Waals surface area contributed by atoms with E-state index in [9.17, 15) is 37.6 Å². The van der Waals surface area contributed by atoms with Crippen LogP contribution in [0.25, 0.3) is 0 Å². The first-order valence-corrected chi connectivity index (χ1v) is 14.8. The molecule has 0 heterocycles. The fraction of sp³-hybridized carbons (Fsp3) is 0.552. The van der Waals surface area contributed by atoms with Gasteiger partial charge in [-0.25, -0.2) is 9.18 Å². The minimum Gasteiger partial charge on any atom is -0.454 e. The van der Waals surface area contributed by atoms with Gasteiger partial charge in [0.15, 0.2) is 18.1 Å². The first-order valence-electron chi connectivity index (χ1n) is 13.3. The summed E-state index contributed by atoms with van der Waals surface area (Å²) in [4.78, 5) is 37.7. The van der Waals surface area contributed by atoms with Crippen molar-refractivity contribution in [2.24, 2.45) is 28.6 Å². The van der Waals surface area contributed by atoms with Crippen LogP contribution in [0.15, 0.2) is 53.0 Å². The second-order valence-corrected chi connectivity index (χ2v) is 13.6. The van der Waals surface area contributed by atoms with Crippen molar-refractivity contribution < 1.29 is 46.7 Å². The number of Topliss-reactive ketones (excluding diaryl/α,β-unsaturated/α-hetero) is 1. The molecule has 4 aliphatic carbocycles. The molecule has 1 aromatic rings. The second-order valence-electron chi connectivity index (χ2n) is 12.2. The molecular weight excluding hydrogens is 543 g/mol. The first kappa shape index (κ1) is 28.8. The Kier molecular flexibility index (Phi) is 6.58. The van der Waals surface area contributed by atoms with Crippen molar-refractivity contribution in [2.45, 2.75) is 68.7 Å². The van der Waals surface area contributed by atoms with Crippen molar-refractivity contribution >= 4 is 27.7 Å². The number of rotatable bonds is 5. The molecule has 0 unspecified atom stereocenters. The molecule has 216 valence electrons. The van der Waals surface area contributed by atoms with E-state index < -0.39 is 79.3 Å². The van der Waals surface area contributed by atoms with Gasteiger partial charge in [0.05, 0.1) is 16.6 Å². The molecule has 0 radical (unpaired) electrons. The fourth-order valence-electron chi connectivity index (χ4n) is 8.25. The third-order valence-electron chi connectivity index (χ3n) is 10.3. The maximum Gasteiger partial charge on any atom is 0.338 e. The number of aliphatic hydroxyl groups excluding tert-OH is 1. The molecule has 1 aromatic carbocycles. The van der Waals surface area contributed by atoms with Gasteiger partial charge in [-0.15, -0.1) is 0 Å². The summed E-state index contributed by atoms with van der Waals surface area (Å²) in [6.45, 7) is 4.22. The molecule has 4 aliphatic rings. The van der Waals surface area contributed by atoms with Crippen molar-refractivity contribution in [1.29, 1.82) is 0 Å². The Morgan fingerprint density at radius 3 is 2.58 bits per heavy atom. The van der Waals surface area contributed by atoms with E-state index in [-0.39, 0.29) is 17.8 Å². The van der Waals surface area contributed by atoms with E-state index in [4.69, 9.17) is 4.74 Å². The SMILES string of the molecule is C[C@H]1C[C@H]2[C@@H]3CCC4=CC(=O)C=C[C@]4(C)[C@@]3(F)[C@@H](O)C[C@]2(C)[C@]1(O)C(=O)COC(=O)c1cccc(S(=O)(=O)O)c1. The molecule has 9 nitrogen and oxygen atoms in total. The van der Waals surface area contributed by atoms with E-state index in [1.165, 1.54) is 30.4 Å². The lowest BCUT2D eigenvalue weighted by molar-refractivity contribution is -0.219. The fourth-order valence-corrected chi connectivity index (χ4v) is 8.77. The number of halogens is 1. The zero-order chi connectivity index (χ0) is 29.5. The second kappa shape index (κ2) is 9.14. The quantitative estimate of drug-likeness (QED) is 0.354. The Hall–Kier alpha value is -2.73. The number of hydrogen-bond donors (Lipinski definition) is 3. The van der Waals surface area contributed by atoms with Crippen LogP contribution in [0.3, 0.4) is 0 Å². The van der Waals surface area contributed by atoms with Crippen LogP contribution in [0.2, 0.25) is 0 Å². The summed E-state index contributed by atoms with van der Waals surface area (Å²) < 4.78 is 54.4. The smallest absolute Gasteiger partial charge is 0.338 e. The van der Waals surface area contributed by atoms with E-state index in [1.807, 2.05) is 0 Å². The zero-order valence-corrected chi connectivity index (χ0v) is 23.3. The molecule has 0 saturated heterocycles. The molecule has 8 atom stereocenters. The van der Waals surface area contributed by atoms with Crippen LogP contribution in [0.1, 0.15) is 56.8 Å². The molecule has 0 bridgehead atoms. The van der Waals surface area contributed by atoms with Crippen LogP contribution in [0, 0.1) is 28.6 Å². The van der Waals surface area contributed by atoms with Gasteiger partial charge < -0.3 is 14.9 Å². The van der Waals surface area contributed by atoms with Crippen molar-refractivity contribution in [3.05, 3.63) is 53.6 Å². The van der Waals surface area contributed by atoms with E-state index in [1.54, 1.807) is 20.8 Å². The largest absolute Gasteiger partial charge is 0.454 e. The van der Waals surface area contributed by atoms with Crippen molar-refractivity contribution in [3.63, 3.8) is 0 Å². The lowest BCUT2D eigenvalue weighted by atomic mass is 9.44. The van der Waals surface area contributed by atoms with Gasteiger partial charge in [0.2, 0.25) is 5.78 Å². The van der Waals surface area contributed by atoms with Gasteiger partial charge in [0, 0.05) is 16.7 Å². The Labute approximate surface area is 231 Å². The monoisotopic (exact) mass is 576 g/mol. The summed E-state index contributed by atoms with van der Waals surface area (Å²) in [5, 5.41) is 23.4. The number of carbonyl (C=O) groups excluding carboxylic acids is 3. The predicted molar refractivity (Wildman–Crippen MR) is 139 cm³/mol. The third kappa shape index (κ3) is 3.81. The number of carbonyl (C=O) groups is 3. The molecule has 3 saturated carbocycles. The number of alkyl halides is 1. The first-order chi connectivity index (χ1) is 18.5. The zero-order valence-electron chi connectivity index (χ0n) is 22.5. The van der Waals surface area contributed by atoms with E-state index in [0.29, 0.717) is 24.8 Å². The summed E-state index contributed by atoms with van der Waals surface area (Å²) in [6, 6.07) is 4.48. The number of allylic oxidation sites excluding steroid dienone is 4. The molecular formula is C29H33FO9S. The molecule has 0 spiro atoms. The summed E-state index contributed by atoms with van der Waals surface area (Å²) in [6.07, 6.45) is 3.64. The molecule has 0 aliphatic heterocycles. The lowest BCUT2D eigenvalue weighted by Crippen LogP contribution is -2.69. The van der Waals surface area contributed by atoms with E-state index in [2.05, 4.69) is 0 Å². The van der Waals surface area contributed by atoms with Gasteiger partial charge in [-0.05, 0) is 74.8 Å². The maximum atomic E-state index is 17.3. The highest BCUT2D eigenvalue weighted by atomic mass is 32.2. The normalized spacial score (nSPS) is 40.5. The third-order valence-corrected chi connectivity index (χ3v) is 11.2. The van der Waals surface area contributed by atoms with Gasteiger partial charge in [-0.1, -0.05) is 31.6 Å². The molecule has 40 heavy (non-hydrogen) atoms. The summed E-state index contributed by atoms with van der Waals surface area (Å²) in [5.74, 6) is -3.86. The highest BCUT2D eigenvalue weighted by Gasteiger charge is 2.75. The van der Waals surface area contributed by atoms with Crippen molar-refractivity contribution in [3.8, 4) is 0 Å². The Morgan fingerprint density at radius 2 is 1.90 bits per heavy atom. The lowest BCUT2D eigenvalue weighted by Gasteiger charge is -2.62. The highest BCUT2D eigenvalue weighted by molar-refractivity contribution is 7.85. The molecule has 5 rings (SSSR count). The number of ketones is 2. The van der Waals surface area contributed by atoms with Crippen LogP contribution in [0.5, 0.6) is 0 Å². The highest BCUT2D eigenvalue weighted by Crippen LogP contribution is 2.70. The predicted octanol–water partition coefficient (Wildman–Crippen LogP) is 3.01. The van der Waals surface area contributed by atoms with Crippen LogP contribution in [-0.2, 0) is 24.4 Å². The molecule has 0 aromatic heterocycles. The summed E-state index contributed by atoms with van der Waals surface area (Å²) in [5.41, 5.74) is -6.17. The average Bonchev–Trinajstić information content (AvgIpc) is 3.09. The molecule has 3 fully saturated rings. The number of fused-ring (bicyclic) bond motifs is 5. The number of esters is 1.